The number of rotatable bonds is 4. The molecule has 106 valence electrons. The second-order valence-electron chi connectivity index (χ2n) is 4.63. The number of thiazole rings is 1. The van der Waals surface area contributed by atoms with Crippen molar-refractivity contribution in [3.05, 3.63) is 40.2 Å². The number of aromatic nitrogens is 1. The molecule has 1 N–H and O–H groups in total. The quantitative estimate of drug-likeness (QED) is 0.941. The average molecular weight is 294 g/mol. The third kappa shape index (κ3) is 2.30. The number of anilines is 2. The molecular weight excluding hydrogens is 279 g/mol. The summed E-state index contributed by atoms with van der Waals surface area (Å²) in [7, 11) is 1.60. The van der Waals surface area contributed by atoms with Crippen molar-refractivity contribution < 1.29 is 14.2 Å². The van der Waals surface area contributed by atoms with Gasteiger partial charge in [0.2, 0.25) is 0 Å². The molecule has 0 saturated carbocycles. The fourth-order valence-electron chi connectivity index (χ4n) is 2.41. The van der Waals surface area contributed by atoms with Gasteiger partial charge in [-0.05, 0) is 24.1 Å². The molecular formula is C14H15FN2O2S. The Labute approximate surface area is 120 Å². The van der Waals surface area contributed by atoms with Gasteiger partial charge in [-0.2, -0.15) is 0 Å². The number of methoxy groups -OCH3 is 1. The van der Waals surface area contributed by atoms with E-state index in [-0.39, 0.29) is 12.4 Å². The van der Waals surface area contributed by atoms with Crippen LogP contribution >= 0.6 is 11.3 Å². The zero-order valence-electron chi connectivity index (χ0n) is 11.1. The number of aliphatic hydroxyl groups excluding tert-OH is 1. The van der Waals surface area contributed by atoms with E-state index in [4.69, 9.17) is 4.74 Å². The molecule has 0 fully saturated rings. The zero-order chi connectivity index (χ0) is 14.1. The van der Waals surface area contributed by atoms with Crippen LogP contribution < -0.4 is 4.90 Å². The Morgan fingerprint density at radius 1 is 1.50 bits per heavy atom. The summed E-state index contributed by atoms with van der Waals surface area (Å²) in [5, 5.41) is 10.2. The van der Waals surface area contributed by atoms with E-state index in [0.29, 0.717) is 6.61 Å². The van der Waals surface area contributed by atoms with Gasteiger partial charge in [0.25, 0.3) is 0 Å². The molecule has 6 heteroatoms. The molecule has 4 nitrogen and oxygen atoms in total. The summed E-state index contributed by atoms with van der Waals surface area (Å²) < 4.78 is 18.5. The van der Waals surface area contributed by atoms with Crippen LogP contribution in [0.1, 0.15) is 16.1 Å². The number of nitrogens with zero attached hydrogens (tertiary/aromatic N) is 2. The fourth-order valence-corrected chi connectivity index (χ4v) is 3.37. The van der Waals surface area contributed by atoms with Crippen LogP contribution in [0.2, 0.25) is 0 Å². The molecule has 0 amide bonds. The average Bonchev–Trinajstić information content (AvgIpc) is 3.02. The van der Waals surface area contributed by atoms with Crippen LogP contribution in [0.4, 0.5) is 15.2 Å². The highest BCUT2D eigenvalue weighted by Gasteiger charge is 2.24. The minimum absolute atomic E-state index is 0.0553. The molecule has 0 aliphatic carbocycles. The Balaban J connectivity index is 1.97. The van der Waals surface area contributed by atoms with Crippen molar-refractivity contribution in [3.8, 4) is 0 Å². The van der Waals surface area contributed by atoms with Crippen LogP contribution in [-0.4, -0.2) is 23.7 Å². The smallest absolute Gasteiger partial charge is 0.190 e. The van der Waals surface area contributed by atoms with Crippen molar-refractivity contribution >= 4 is 22.2 Å². The van der Waals surface area contributed by atoms with Gasteiger partial charge in [0.05, 0.1) is 23.8 Å². The Morgan fingerprint density at radius 3 is 3.10 bits per heavy atom. The third-order valence-electron chi connectivity index (χ3n) is 3.37. The first-order chi connectivity index (χ1) is 9.72. The summed E-state index contributed by atoms with van der Waals surface area (Å²) in [5.74, 6) is -0.244. The second-order valence-corrected chi connectivity index (χ2v) is 5.69. The van der Waals surface area contributed by atoms with E-state index in [1.807, 2.05) is 11.0 Å². The maximum Gasteiger partial charge on any atom is 0.190 e. The molecule has 2 heterocycles. The zero-order valence-corrected chi connectivity index (χ0v) is 11.9. The van der Waals surface area contributed by atoms with Crippen LogP contribution in [0, 0.1) is 5.82 Å². The van der Waals surface area contributed by atoms with E-state index in [1.54, 1.807) is 13.2 Å². The van der Waals surface area contributed by atoms with Crippen molar-refractivity contribution in [1.29, 1.82) is 0 Å². The molecule has 1 aliphatic heterocycles. The second kappa shape index (κ2) is 5.47. The Hall–Kier alpha value is -1.50. The summed E-state index contributed by atoms with van der Waals surface area (Å²) in [5.41, 5.74) is 2.74. The predicted molar refractivity (Wildman–Crippen MR) is 75.9 cm³/mol. The lowest BCUT2D eigenvalue weighted by Gasteiger charge is -2.15. The molecule has 1 aromatic heterocycles. The Bertz CT molecular complexity index is 630. The number of hydrogen-bond donors (Lipinski definition) is 1. The standard InChI is InChI=1S/C14H15FN2O2S/c1-19-8-11-13(7-18)20-14(16-11)17-5-4-9-2-3-10(15)6-12(9)17/h2-3,6,18H,4-5,7-8H2,1H3. The van der Waals surface area contributed by atoms with E-state index in [2.05, 4.69) is 4.98 Å². The van der Waals surface area contributed by atoms with Crippen molar-refractivity contribution in [3.63, 3.8) is 0 Å². The predicted octanol–water partition coefficient (Wildman–Crippen LogP) is 2.62. The summed E-state index contributed by atoms with van der Waals surface area (Å²) >= 11 is 1.43. The van der Waals surface area contributed by atoms with E-state index in [1.165, 1.54) is 17.4 Å². The monoisotopic (exact) mass is 294 g/mol. The lowest BCUT2D eigenvalue weighted by Crippen LogP contribution is -2.13. The van der Waals surface area contributed by atoms with Crippen molar-refractivity contribution in [2.75, 3.05) is 18.6 Å². The van der Waals surface area contributed by atoms with Crippen LogP contribution in [0.15, 0.2) is 18.2 Å². The first kappa shape index (κ1) is 13.5. The first-order valence-electron chi connectivity index (χ1n) is 6.37. The number of benzene rings is 1. The van der Waals surface area contributed by atoms with Crippen LogP contribution in [0.5, 0.6) is 0 Å². The SMILES string of the molecule is COCc1nc(N2CCc3ccc(F)cc32)sc1CO. The van der Waals surface area contributed by atoms with Crippen LogP contribution in [-0.2, 0) is 24.4 Å². The Kier molecular flexibility index (Phi) is 3.69. The molecule has 0 radical (unpaired) electrons. The number of aliphatic hydroxyl groups is 1. The lowest BCUT2D eigenvalue weighted by atomic mass is 10.2. The van der Waals surface area contributed by atoms with Gasteiger partial charge < -0.3 is 14.7 Å². The van der Waals surface area contributed by atoms with Gasteiger partial charge in [-0.3, -0.25) is 0 Å². The molecule has 0 saturated heterocycles. The number of ether oxygens (including phenoxy) is 1. The topological polar surface area (TPSA) is 45.6 Å². The maximum absolute atomic E-state index is 13.4. The molecule has 0 unspecified atom stereocenters. The van der Waals surface area contributed by atoms with Crippen molar-refractivity contribution in [2.45, 2.75) is 19.6 Å². The minimum atomic E-state index is -0.244. The number of hydrogen-bond acceptors (Lipinski definition) is 5. The van der Waals surface area contributed by atoms with Crippen molar-refractivity contribution in [1.82, 2.24) is 4.98 Å². The molecule has 3 rings (SSSR count). The van der Waals surface area contributed by atoms with Crippen LogP contribution in [0.25, 0.3) is 0 Å². The first-order valence-corrected chi connectivity index (χ1v) is 7.19. The highest BCUT2D eigenvalue weighted by molar-refractivity contribution is 7.15. The molecule has 2 aromatic rings. The fraction of sp³-hybridized carbons (Fsp3) is 0.357. The molecule has 0 spiro atoms. The lowest BCUT2D eigenvalue weighted by molar-refractivity contribution is 0.179. The normalized spacial score (nSPS) is 13.8. The third-order valence-corrected chi connectivity index (χ3v) is 4.47. The van der Waals surface area contributed by atoms with E-state index in [0.717, 1.165) is 39.9 Å². The summed E-state index contributed by atoms with van der Waals surface area (Å²) in [6.45, 7) is 1.10. The largest absolute Gasteiger partial charge is 0.391 e. The highest BCUT2D eigenvalue weighted by Crippen LogP contribution is 2.38. The van der Waals surface area contributed by atoms with Gasteiger partial charge in [-0.25, -0.2) is 9.37 Å². The van der Waals surface area contributed by atoms with Gasteiger partial charge in [0.1, 0.15) is 5.82 Å². The van der Waals surface area contributed by atoms with Gasteiger partial charge in [-0.1, -0.05) is 17.4 Å². The molecule has 1 aromatic carbocycles. The summed E-state index contributed by atoms with van der Waals surface area (Å²) in [4.78, 5) is 7.32. The number of fused-ring (bicyclic) bond motifs is 1. The van der Waals surface area contributed by atoms with Gasteiger partial charge in [0, 0.05) is 19.3 Å². The molecule has 20 heavy (non-hydrogen) atoms. The van der Waals surface area contributed by atoms with E-state index in [9.17, 15) is 9.50 Å². The van der Waals surface area contributed by atoms with Gasteiger partial charge in [-0.15, -0.1) is 0 Å². The van der Waals surface area contributed by atoms with E-state index >= 15 is 0 Å². The highest BCUT2D eigenvalue weighted by atomic mass is 32.1. The minimum Gasteiger partial charge on any atom is -0.391 e. The Morgan fingerprint density at radius 2 is 2.35 bits per heavy atom. The van der Waals surface area contributed by atoms with Crippen LogP contribution in [0.3, 0.4) is 0 Å². The number of halogens is 1. The van der Waals surface area contributed by atoms with E-state index < -0.39 is 0 Å². The van der Waals surface area contributed by atoms with Gasteiger partial charge in [0.15, 0.2) is 5.13 Å². The molecule has 0 atom stereocenters. The summed E-state index contributed by atoms with van der Waals surface area (Å²) in [6, 6.07) is 4.85. The molecule has 1 aliphatic rings. The summed E-state index contributed by atoms with van der Waals surface area (Å²) in [6.07, 6.45) is 0.878. The molecule has 0 bridgehead atoms. The van der Waals surface area contributed by atoms with Crippen molar-refractivity contribution in [2.24, 2.45) is 0 Å². The maximum atomic E-state index is 13.4. The van der Waals surface area contributed by atoms with Gasteiger partial charge >= 0.3 is 0 Å².